The SMILES string of the molecule is CC1Oc2ccc(Br)cc2C(=O)C1(CO)CO. The molecule has 92 valence electrons. The second-order valence-corrected chi connectivity index (χ2v) is 5.12. The predicted molar refractivity (Wildman–Crippen MR) is 65.2 cm³/mol. The standard InChI is InChI=1S/C12H13BrO4/c1-7-12(5-14,6-15)11(16)9-4-8(13)2-3-10(9)17-7/h2-4,7,14-15H,5-6H2,1H3. The highest BCUT2D eigenvalue weighted by molar-refractivity contribution is 9.10. The first-order chi connectivity index (χ1) is 8.05. The molecule has 4 nitrogen and oxygen atoms in total. The summed E-state index contributed by atoms with van der Waals surface area (Å²) in [7, 11) is 0. The molecule has 0 spiro atoms. The monoisotopic (exact) mass is 300 g/mol. The molecule has 0 aromatic heterocycles. The number of aliphatic hydroxyl groups excluding tert-OH is 2. The number of Topliss-reactive ketones (excluding diaryl/α,β-unsaturated/α-hetero) is 1. The van der Waals surface area contributed by atoms with Gasteiger partial charge in [-0.05, 0) is 25.1 Å². The van der Waals surface area contributed by atoms with E-state index >= 15 is 0 Å². The van der Waals surface area contributed by atoms with Crippen molar-refractivity contribution in [2.45, 2.75) is 13.0 Å². The molecule has 1 aromatic rings. The fraction of sp³-hybridized carbons (Fsp3) is 0.417. The highest BCUT2D eigenvalue weighted by atomic mass is 79.9. The van der Waals surface area contributed by atoms with E-state index in [1.54, 1.807) is 25.1 Å². The number of aliphatic hydroxyl groups is 2. The van der Waals surface area contributed by atoms with E-state index < -0.39 is 24.7 Å². The summed E-state index contributed by atoms with van der Waals surface area (Å²) in [5, 5.41) is 18.8. The summed E-state index contributed by atoms with van der Waals surface area (Å²) in [5.74, 6) is 0.209. The Bertz CT molecular complexity index is 454. The van der Waals surface area contributed by atoms with Gasteiger partial charge in [0, 0.05) is 4.47 Å². The number of halogens is 1. The van der Waals surface area contributed by atoms with Gasteiger partial charge in [0.05, 0.1) is 18.8 Å². The van der Waals surface area contributed by atoms with Gasteiger partial charge in [-0.1, -0.05) is 15.9 Å². The fourth-order valence-electron chi connectivity index (χ4n) is 1.99. The van der Waals surface area contributed by atoms with Gasteiger partial charge in [0.15, 0.2) is 5.78 Å². The molecule has 0 bridgehead atoms. The highest BCUT2D eigenvalue weighted by Gasteiger charge is 2.48. The molecule has 1 aliphatic rings. The minimum Gasteiger partial charge on any atom is -0.489 e. The van der Waals surface area contributed by atoms with Gasteiger partial charge >= 0.3 is 0 Å². The maximum Gasteiger partial charge on any atom is 0.181 e. The first-order valence-electron chi connectivity index (χ1n) is 5.28. The zero-order valence-electron chi connectivity index (χ0n) is 9.31. The minimum atomic E-state index is -1.26. The first-order valence-corrected chi connectivity index (χ1v) is 6.07. The Hall–Kier alpha value is -0.910. The predicted octanol–water partition coefficient (Wildman–Crippen LogP) is 1.38. The van der Waals surface area contributed by atoms with Crippen molar-refractivity contribution in [2.75, 3.05) is 13.2 Å². The van der Waals surface area contributed by atoms with Gasteiger partial charge in [-0.2, -0.15) is 0 Å². The van der Waals surface area contributed by atoms with Crippen LogP contribution in [-0.2, 0) is 0 Å². The number of benzene rings is 1. The lowest BCUT2D eigenvalue weighted by Crippen LogP contribution is -2.52. The number of ether oxygens (including phenoxy) is 1. The number of hydrogen-bond acceptors (Lipinski definition) is 4. The summed E-state index contributed by atoms with van der Waals surface area (Å²) >= 11 is 3.28. The topological polar surface area (TPSA) is 66.8 Å². The Morgan fingerprint density at radius 3 is 2.65 bits per heavy atom. The molecule has 2 N–H and O–H groups in total. The Labute approximate surface area is 107 Å². The third-order valence-corrected chi connectivity index (χ3v) is 3.78. The van der Waals surface area contributed by atoms with Crippen LogP contribution in [0.4, 0.5) is 0 Å². The summed E-state index contributed by atoms with van der Waals surface area (Å²) < 4.78 is 6.35. The molecule has 17 heavy (non-hydrogen) atoms. The van der Waals surface area contributed by atoms with Crippen LogP contribution in [0, 0.1) is 5.41 Å². The molecule has 1 heterocycles. The lowest BCUT2D eigenvalue weighted by atomic mass is 9.75. The van der Waals surface area contributed by atoms with Gasteiger partial charge in [-0.3, -0.25) is 4.79 Å². The molecule has 1 atom stereocenters. The molecular formula is C12H13BrO4. The Morgan fingerprint density at radius 2 is 2.06 bits per heavy atom. The summed E-state index contributed by atoms with van der Waals surface area (Å²) in [5.41, 5.74) is -0.867. The molecule has 0 saturated heterocycles. The lowest BCUT2D eigenvalue weighted by Gasteiger charge is -2.39. The number of carbonyl (C=O) groups is 1. The fourth-order valence-corrected chi connectivity index (χ4v) is 2.35. The molecule has 0 saturated carbocycles. The zero-order valence-corrected chi connectivity index (χ0v) is 10.9. The van der Waals surface area contributed by atoms with Crippen LogP contribution in [0.5, 0.6) is 5.75 Å². The molecular weight excluding hydrogens is 288 g/mol. The number of fused-ring (bicyclic) bond motifs is 1. The van der Waals surface area contributed by atoms with Crippen LogP contribution < -0.4 is 4.74 Å². The van der Waals surface area contributed by atoms with Crippen LogP contribution in [0.15, 0.2) is 22.7 Å². The van der Waals surface area contributed by atoms with Crippen molar-refractivity contribution in [3.8, 4) is 5.75 Å². The van der Waals surface area contributed by atoms with Gasteiger partial charge in [0.1, 0.15) is 17.3 Å². The number of hydrogen-bond donors (Lipinski definition) is 2. The highest BCUT2D eigenvalue weighted by Crippen LogP contribution is 2.39. The van der Waals surface area contributed by atoms with E-state index in [4.69, 9.17) is 4.74 Å². The van der Waals surface area contributed by atoms with Crippen LogP contribution in [-0.4, -0.2) is 35.3 Å². The van der Waals surface area contributed by atoms with E-state index in [2.05, 4.69) is 15.9 Å². The van der Waals surface area contributed by atoms with E-state index in [1.807, 2.05) is 0 Å². The van der Waals surface area contributed by atoms with Crippen LogP contribution >= 0.6 is 15.9 Å². The second kappa shape index (κ2) is 4.40. The summed E-state index contributed by atoms with van der Waals surface area (Å²) in [6.45, 7) is 0.806. The number of rotatable bonds is 2. The van der Waals surface area contributed by atoms with E-state index in [0.29, 0.717) is 11.3 Å². The van der Waals surface area contributed by atoms with Crippen molar-refractivity contribution in [2.24, 2.45) is 5.41 Å². The molecule has 0 fully saturated rings. The molecule has 0 radical (unpaired) electrons. The minimum absolute atomic E-state index is 0.280. The number of ketones is 1. The smallest absolute Gasteiger partial charge is 0.181 e. The lowest BCUT2D eigenvalue weighted by molar-refractivity contribution is -0.0233. The molecule has 1 unspecified atom stereocenters. The molecule has 0 aliphatic carbocycles. The van der Waals surface area contributed by atoms with Crippen LogP contribution in [0.3, 0.4) is 0 Å². The normalized spacial score (nSPS) is 21.9. The van der Waals surface area contributed by atoms with Crippen LogP contribution in [0.2, 0.25) is 0 Å². The van der Waals surface area contributed by atoms with Gasteiger partial charge < -0.3 is 14.9 Å². The summed E-state index contributed by atoms with van der Waals surface area (Å²) in [4.78, 5) is 12.3. The zero-order chi connectivity index (χ0) is 12.6. The van der Waals surface area contributed by atoms with E-state index in [9.17, 15) is 15.0 Å². The van der Waals surface area contributed by atoms with Crippen molar-refractivity contribution in [3.63, 3.8) is 0 Å². The maximum absolute atomic E-state index is 12.3. The van der Waals surface area contributed by atoms with Gasteiger partial charge in [-0.25, -0.2) is 0 Å². The second-order valence-electron chi connectivity index (χ2n) is 4.20. The van der Waals surface area contributed by atoms with Crippen molar-refractivity contribution in [3.05, 3.63) is 28.2 Å². The Kier molecular flexibility index (Phi) is 3.25. The van der Waals surface area contributed by atoms with E-state index in [0.717, 1.165) is 4.47 Å². The largest absolute Gasteiger partial charge is 0.489 e. The summed E-state index contributed by atoms with van der Waals surface area (Å²) in [6, 6.07) is 5.12. The third kappa shape index (κ3) is 1.78. The van der Waals surface area contributed by atoms with E-state index in [1.165, 1.54) is 0 Å². The van der Waals surface area contributed by atoms with Gasteiger partial charge in [-0.15, -0.1) is 0 Å². The molecule has 0 amide bonds. The van der Waals surface area contributed by atoms with Crippen molar-refractivity contribution in [1.82, 2.24) is 0 Å². The van der Waals surface area contributed by atoms with Crippen molar-refractivity contribution < 1.29 is 19.7 Å². The van der Waals surface area contributed by atoms with Crippen LogP contribution in [0.1, 0.15) is 17.3 Å². The van der Waals surface area contributed by atoms with Gasteiger partial charge in [0.2, 0.25) is 0 Å². The molecule has 5 heteroatoms. The first kappa shape index (κ1) is 12.5. The molecule has 1 aliphatic heterocycles. The Morgan fingerprint density at radius 1 is 1.41 bits per heavy atom. The molecule has 2 rings (SSSR count). The average molecular weight is 301 g/mol. The third-order valence-electron chi connectivity index (χ3n) is 3.28. The quantitative estimate of drug-likeness (QED) is 0.866. The Balaban J connectivity index is 2.56. The average Bonchev–Trinajstić information content (AvgIpc) is 2.32. The summed E-state index contributed by atoms with van der Waals surface area (Å²) in [6.07, 6.45) is -0.557. The maximum atomic E-state index is 12.3. The van der Waals surface area contributed by atoms with Gasteiger partial charge in [0.25, 0.3) is 0 Å². The van der Waals surface area contributed by atoms with E-state index in [-0.39, 0.29) is 5.78 Å². The van der Waals surface area contributed by atoms with Crippen molar-refractivity contribution in [1.29, 1.82) is 0 Å². The van der Waals surface area contributed by atoms with Crippen molar-refractivity contribution >= 4 is 21.7 Å². The van der Waals surface area contributed by atoms with Crippen LogP contribution in [0.25, 0.3) is 0 Å². The number of carbonyl (C=O) groups excluding carboxylic acids is 1. The molecule has 1 aromatic carbocycles.